The quantitative estimate of drug-likeness (QED) is 0.828. The Bertz CT molecular complexity index is 326. The van der Waals surface area contributed by atoms with E-state index in [4.69, 9.17) is 10.00 Å². The number of nitrogens with zero attached hydrogens (tertiary/aromatic N) is 1. The van der Waals surface area contributed by atoms with Crippen molar-refractivity contribution in [2.24, 2.45) is 5.92 Å². The highest BCUT2D eigenvalue weighted by Crippen LogP contribution is 2.18. The number of nitriles is 1. The van der Waals surface area contributed by atoms with Crippen molar-refractivity contribution in [2.45, 2.75) is 20.0 Å². The summed E-state index contributed by atoms with van der Waals surface area (Å²) in [5.41, 5.74) is 0. The molecular formula is C11H12BrNO. The first-order chi connectivity index (χ1) is 6.63. The van der Waals surface area contributed by atoms with E-state index in [1.165, 1.54) is 0 Å². The van der Waals surface area contributed by atoms with Gasteiger partial charge in [-0.25, -0.2) is 0 Å². The van der Waals surface area contributed by atoms with Gasteiger partial charge in [0.2, 0.25) is 0 Å². The van der Waals surface area contributed by atoms with E-state index in [0.717, 1.165) is 10.2 Å². The number of hydrogen-bond donors (Lipinski definition) is 0. The number of halogens is 1. The van der Waals surface area contributed by atoms with Gasteiger partial charge in [-0.3, -0.25) is 0 Å². The molecule has 0 saturated heterocycles. The Morgan fingerprint density at radius 1 is 1.29 bits per heavy atom. The topological polar surface area (TPSA) is 33.0 Å². The van der Waals surface area contributed by atoms with Gasteiger partial charge in [-0.05, 0) is 24.3 Å². The third-order valence-electron chi connectivity index (χ3n) is 1.81. The highest BCUT2D eigenvalue weighted by molar-refractivity contribution is 9.10. The molecule has 0 heterocycles. The van der Waals surface area contributed by atoms with Gasteiger partial charge in [0.05, 0.1) is 0 Å². The zero-order chi connectivity index (χ0) is 10.6. The molecule has 0 saturated carbocycles. The minimum absolute atomic E-state index is 0.198. The van der Waals surface area contributed by atoms with Crippen LogP contribution in [0.4, 0.5) is 0 Å². The Hall–Kier alpha value is -1.01. The van der Waals surface area contributed by atoms with Crippen LogP contribution in [0.15, 0.2) is 28.7 Å². The van der Waals surface area contributed by atoms with Crippen LogP contribution in [0.25, 0.3) is 0 Å². The lowest BCUT2D eigenvalue weighted by molar-refractivity contribution is 0.204. The van der Waals surface area contributed by atoms with E-state index in [2.05, 4.69) is 22.0 Å². The molecule has 1 aromatic carbocycles. The summed E-state index contributed by atoms with van der Waals surface area (Å²) in [6.45, 7) is 3.93. The Morgan fingerprint density at radius 3 is 2.29 bits per heavy atom. The monoisotopic (exact) mass is 253 g/mol. The summed E-state index contributed by atoms with van der Waals surface area (Å²) in [5.74, 6) is 0.928. The molecule has 2 nitrogen and oxygen atoms in total. The van der Waals surface area contributed by atoms with Gasteiger partial charge in [0.25, 0.3) is 0 Å². The van der Waals surface area contributed by atoms with Crippen LogP contribution >= 0.6 is 15.9 Å². The van der Waals surface area contributed by atoms with Gasteiger partial charge in [0, 0.05) is 10.4 Å². The maximum atomic E-state index is 8.83. The van der Waals surface area contributed by atoms with Crippen LogP contribution < -0.4 is 4.74 Å². The molecule has 14 heavy (non-hydrogen) atoms. The van der Waals surface area contributed by atoms with Crippen molar-refractivity contribution < 1.29 is 4.74 Å². The molecule has 1 unspecified atom stereocenters. The summed E-state index contributed by atoms with van der Waals surface area (Å²) in [7, 11) is 0. The van der Waals surface area contributed by atoms with Crippen LogP contribution in [0.2, 0.25) is 0 Å². The first kappa shape index (κ1) is 11.1. The average Bonchev–Trinajstić information content (AvgIpc) is 2.16. The second-order valence-electron chi connectivity index (χ2n) is 3.37. The molecule has 0 amide bonds. The molecular weight excluding hydrogens is 242 g/mol. The van der Waals surface area contributed by atoms with Crippen molar-refractivity contribution in [1.29, 1.82) is 5.26 Å². The molecule has 1 aromatic rings. The molecule has 74 valence electrons. The lowest BCUT2D eigenvalue weighted by Crippen LogP contribution is -2.20. The Balaban J connectivity index is 2.69. The van der Waals surface area contributed by atoms with Crippen molar-refractivity contribution in [1.82, 2.24) is 0 Å². The van der Waals surface area contributed by atoms with Crippen LogP contribution in [0.3, 0.4) is 0 Å². The lowest BCUT2D eigenvalue weighted by atomic mass is 10.1. The standard InChI is InChI=1S/C11H12BrNO/c1-8(2)11(7-13)14-10-5-3-9(12)4-6-10/h3-6,8,11H,1-2H3. The summed E-state index contributed by atoms with van der Waals surface area (Å²) in [6, 6.07) is 9.60. The van der Waals surface area contributed by atoms with E-state index < -0.39 is 0 Å². The smallest absolute Gasteiger partial charge is 0.186 e. The van der Waals surface area contributed by atoms with E-state index in [1.54, 1.807) is 0 Å². The summed E-state index contributed by atoms with van der Waals surface area (Å²) in [4.78, 5) is 0. The molecule has 0 spiro atoms. The predicted octanol–water partition coefficient (Wildman–Crippen LogP) is 3.38. The van der Waals surface area contributed by atoms with Gasteiger partial charge in [-0.2, -0.15) is 5.26 Å². The molecule has 0 N–H and O–H groups in total. The van der Waals surface area contributed by atoms with Crippen LogP contribution in [0.1, 0.15) is 13.8 Å². The summed E-state index contributed by atoms with van der Waals surface area (Å²) >= 11 is 3.34. The van der Waals surface area contributed by atoms with Gasteiger partial charge < -0.3 is 4.74 Å². The van der Waals surface area contributed by atoms with Crippen LogP contribution in [0, 0.1) is 17.2 Å². The van der Waals surface area contributed by atoms with Gasteiger partial charge in [-0.1, -0.05) is 29.8 Å². The van der Waals surface area contributed by atoms with E-state index in [9.17, 15) is 0 Å². The molecule has 1 rings (SSSR count). The van der Waals surface area contributed by atoms with Crippen LogP contribution in [-0.4, -0.2) is 6.10 Å². The fourth-order valence-corrected chi connectivity index (χ4v) is 1.24. The lowest BCUT2D eigenvalue weighted by Gasteiger charge is -2.15. The fraction of sp³-hybridized carbons (Fsp3) is 0.364. The molecule has 1 atom stereocenters. The average molecular weight is 254 g/mol. The number of rotatable bonds is 3. The van der Waals surface area contributed by atoms with E-state index >= 15 is 0 Å². The van der Waals surface area contributed by atoms with Gasteiger partial charge in [-0.15, -0.1) is 0 Å². The SMILES string of the molecule is CC(C)C(C#N)Oc1ccc(Br)cc1. The minimum atomic E-state index is -0.379. The van der Waals surface area contributed by atoms with E-state index in [0.29, 0.717) is 0 Å². The first-order valence-corrected chi connectivity index (χ1v) is 5.24. The molecule has 0 fully saturated rings. The maximum Gasteiger partial charge on any atom is 0.186 e. The Kier molecular flexibility index (Phi) is 3.97. The van der Waals surface area contributed by atoms with E-state index in [-0.39, 0.29) is 12.0 Å². The summed E-state index contributed by atoms with van der Waals surface area (Å²) in [6.07, 6.45) is -0.379. The van der Waals surface area contributed by atoms with Gasteiger partial charge in [0.1, 0.15) is 11.8 Å². The highest BCUT2D eigenvalue weighted by atomic mass is 79.9. The van der Waals surface area contributed by atoms with Crippen LogP contribution in [-0.2, 0) is 0 Å². The first-order valence-electron chi connectivity index (χ1n) is 4.45. The van der Waals surface area contributed by atoms with Crippen LogP contribution in [0.5, 0.6) is 5.75 Å². The molecule has 0 bridgehead atoms. The van der Waals surface area contributed by atoms with Crippen molar-refractivity contribution in [2.75, 3.05) is 0 Å². The molecule has 0 aliphatic carbocycles. The number of ether oxygens (including phenoxy) is 1. The maximum absolute atomic E-state index is 8.83. The van der Waals surface area contributed by atoms with Crippen molar-refractivity contribution in [3.63, 3.8) is 0 Å². The molecule has 0 radical (unpaired) electrons. The summed E-state index contributed by atoms with van der Waals surface area (Å²) < 4.78 is 6.50. The normalized spacial score (nSPS) is 12.2. The largest absolute Gasteiger partial charge is 0.475 e. The molecule has 0 aliphatic heterocycles. The third-order valence-corrected chi connectivity index (χ3v) is 2.34. The Morgan fingerprint density at radius 2 is 1.86 bits per heavy atom. The fourth-order valence-electron chi connectivity index (χ4n) is 0.971. The predicted molar refractivity (Wildman–Crippen MR) is 59.0 cm³/mol. The van der Waals surface area contributed by atoms with Crippen molar-refractivity contribution >= 4 is 15.9 Å². The molecule has 3 heteroatoms. The van der Waals surface area contributed by atoms with Crippen molar-refractivity contribution in [3.05, 3.63) is 28.7 Å². The second-order valence-corrected chi connectivity index (χ2v) is 4.28. The highest BCUT2D eigenvalue weighted by Gasteiger charge is 2.13. The zero-order valence-electron chi connectivity index (χ0n) is 8.20. The number of benzene rings is 1. The zero-order valence-corrected chi connectivity index (χ0v) is 9.78. The van der Waals surface area contributed by atoms with E-state index in [1.807, 2.05) is 38.1 Å². The van der Waals surface area contributed by atoms with Gasteiger partial charge in [0.15, 0.2) is 6.10 Å². The number of hydrogen-bond acceptors (Lipinski definition) is 2. The minimum Gasteiger partial charge on any atom is -0.475 e. The molecule has 0 aromatic heterocycles. The second kappa shape index (κ2) is 5.02. The van der Waals surface area contributed by atoms with Gasteiger partial charge >= 0.3 is 0 Å². The third kappa shape index (κ3) is 3.04. The summed E-state index contributed by atoms with van der Waals surface area (Å²) in [5, 5.41) is 8.83. The molecule has 0 aliphatic rings. The Labute approximate surface area is 92.6 Å². The van der Waals surface area contributed by atoms with Crippen molar-refractivity contribution in [3.8, 4) is 11.8 Å².